The molecule has 0 aliphatic carbocycles. The number of hydrogen-bond donors (Lipinski definition) is 7. The maximum atomic E-state index is 11.9. The number of carbonyl (C=O) groups is 1. The van der Waals surface area contributed by atoms with Crippen molar-refractivity contribution in [1.29, 1.82) is 0 Å². The molecule has 0 bridgehead atoms. The third-order valence-corrected chi connectivity index (χ3v) is 5.61. The molecular formula is C20H29N2O9P. The Morgan fingerprint density at radius 1 is 1.12 bits per heavy atom. The molecule has 0 spiro atoms. The Kier molecular flexibility index (Phi) is 9.93. The van der Waals surface area contributed by atoms with Crippen LogP contribution >= 0.6 is 7.60 Å². The number of unbranched alkanes of at least 4 members (excludes halogenated alkanes) is 2. The van der Waals surface area contributed by atoms with Crippen molar-refractivity contribution in [2.75, 3.05) is 18.0 Å². The van der Waals surface area contributed by atoms with Crippen molar-refractivity contribution >= 4 is 19.3 Å². The van der Waals surface area contributed by atoms with Gasteiger partial charge < -0.3 is 45.2 Å². The Morgan fingerprint density at radius 3 is 2.44 bits per heavy atom. The Labute approximate surface area is 185 Å². The van der Waals surface area contributed by atoms with Crippen LogP contribution in [0.2, 0.25) is 0 Å². The quantitative estimate of drug-likeness (QED) is 0.144. The van der Waals surface area contributed by atoms with Crippen molar-refractivity contribution in [2.45, 2.75) is 56.4 Å². The molecule has 1 aliphatic rings. The molecule has 0 radical (unpaired) electrons. The van der Waals surface area contributed by atoms with Crippen molar-refractivity contribution in [3.8, 4) is 18.1 Å². The zero-order valence-electron chi connectivity index (χ0n) is 17.3. The van der Waals surface area contributed by atoms with Crippen LogP contribution in [0.3, 0.4) is 0 Å². The zero-order valence-corrected chi connectivity index (χ0v) is 18.2. The predicted octanol–water partition coefficient (Wildman–Crippen LogP) is 0.366. The van der Waals surface area contributed by atoms with Crippen LogP contribution in [0.15, 0.2) is 24.3 Å². The molecule has 2 amide bonds. The average Bonchev–Trinajstić information content (AvgIpc) is 2.74. The molecule has 1 aromatic rings. The number of rotatable bonds is 10. The number of aliphatic hydroxyl groups is 3. The second kappa shape index (κ2) is 12.2. The molecule has 0 saturated carbocycles. The first-order valence-electron chi connectivity index (χ1n) is 10.1. The number of nitrogens with one attached hydrogen (secondary N) is 2. The van der Waals surface area contributed by atoms with Gasteiger partial charge >= 0.3 is 13.6 Å². The second-order valence-corrected chi connectivity index (χ2v) is 9.15. The zero-order chi connectivity index (χ0) is 23.7. The standard InChI is InChI=1S/C20H29N2O9P/c1-2-3-4-5-11-21-20(26)22-13-6-8-14(9-7-13)30-19-18(25)17(24)16(23)15(31-19)10-12-32(27,28)29/h1,6-9,15-19,23-25H,3-5,10-12H2,(H2,21,22,26)(H2,27,28,29)/t15-,16-,17+,18+,19+/m1/s1. The van der Waals surface area contributed by atoms with Gasteiger partial charge in [-0.2, -0.15) is 0 Å². The first-order valence-corrected chi connectivity index (χ1v) is 11.9. The highest BCUT2D eigenvalue weighted by Gasteiger charge is 2.45. The fraction of sp³-hybridized carbons (Fsp3) is 0.550. The van der Waals surface area contributed by atoms with Crippen LogP contribution in [0, 0.1) is 12.3 Å². The number of amides is 2. The van der Waals surface area contributed by atoms with Crippen molar-refractivity contribution in [3.63, 3.8) is 0 Å². The number of urea groups is 1. The topological polar surface area (TPSA) is 178 Å². The van der Waals surface area contributed by atoms with E-state index >= 15 is 0 Å². The summed E-state index contributed by atoms with van der Waals surface area (Å²) in [5.41, 5.74) is 0.485. The molecule has 1 aliphatic heterocycles. The van der Waals surface area contributed by atoms with Crippen LogP contribution in [0.5, 0.6) is 5.75 Å². The summed E-state index contributed by atoms with van der Waals surface area (Å²) in [5, 5.41) is 35.5. The first-order chi connectivity index (χ1) is 15.1. The maximum Gasteiger partial charge on any atom is 0.325 e. The highest BCUT2D eigenvalue weighted by Crippen LogP contribution is 2.37. The Balaban J connectivity index is 1.89. The molecule has 5 atom stereocenters. The van der Waals surface area contributed by atoms with Gasteiger partial charge in [-0.05, 0) is 43.5 Å². The summed E-state index contributed by atoms with van der Waals surface area (Å²) in [6.45, 7) is 0.489. The number of ether oxygens (including phenoxy) is 2. The third-order valence-electron chi connectivity index (χ3n) is 4.77. The first kappa shape index (κ1) is 26.1. The smallest absolute Gasteiger partial charge is 0.325 e. The average molecular weight is 472 g/mol. The minimum Gasteiger partial charge on any atom is -0.462 e. The van der Waals surface area contributed by atoms with Gasteiger partial charge in [0.2, 0.25) is 6.29 Å². The monoisotopic (exact) mass is 472 g/mol. The molecule has 1 aromatic carbocycles. The summed E-state index contributed by atoms with van der Waals surface area (Å²) < 4.78 is 22.0. The fourth-order valence-corrected chi connectivity index (χ4v) is 3.62. The Hall–Kier alpha value is -2.16. The summed E-state index contributed by atoms with van der Waals surface area (Å²) >= 11 is 0. The summed E-state index contributed by atoms with van der Waals surface area (Å²) in [4.78, 5) is 29.9. The number of carbonyl (C=O) groups excluding carboxylic acids is 1. The van der Waals surface area contributed by atoms with Crippen LogP contribution in [0.1, 0.15) is 25.7 Å². The van der Waals surface area contributed by atoms with E-state index < -0.39 is 44.5 Å². The van der Waals surface area contributed by atoms with E-state index in [4.69, 9.17) is 25.7 Å². The number of hydrogen-bond acceptors (Lipinski definition) is 7. The third kappa shape index (κ3) is 8.41. The van der Waals surface area contributed by atoms with Crippen LogP contribution < -0.4 is 15.4 Å². The molecule has 32 heavy (non-hydrogen) atoms. The van der Waals surface area contributed by atoms with Gasteiger partial charge in [0.1, 0.15) is 24.1 Å². The molecule has 1 heterocycles. The molecule has 178 valence electrons. The van der Waals surface area contributed by atoms with E-state index in [1.807, 2.05) is 0 Å². The van der Waals surface area contributed by atoms with Crippen LogP contribution in [0.25, 0.3) is 0 Å². The molecule has 12 heteroatoms. The number of aliphatic hydroxyl groups excluding tert-OH is 3. The summed E-state index contributed by atoms with van der Waals surface area (Å²) in [5.74, 6) is 2.77. The van der Waals surface area contributed by atoms with Gasteiger partial charge in [0.15, 0.2) is 0 Å². The lowest BCUT2D eigenvalue weighted by Crippen LogP contribution is -2.59. The van der Waals surface area contributed by atoms with Crippen molar-refractivity contribution < 1.29 is 43.9 Å². The van der Waals surface area contributed by atoms with E-state index in [1.165, 1.54) is 12.1 Å². The minimum atomic E-state index is -4.33. The lowest BCUT2D eigenvalue weighted by atomic mass is 9.97. The fourth-order valence-electron chi connectivity index (χ4n) is 3.03. The number of terminal acetylenes is 1. The summed E-state index contributed by atoms with van der Waals surface area (Å²) in [6.07, 6.45) is -0.649. The van der Waals surface area contributed by atoms with Crippen molar-refractivity contribution in [1.82, 2.24) is 5.32 Å². The highest BCUT2D eigenvalue weighted by atomic mass is 31.2. The highest BCUT2D eigenvalue weighted by molar-refractivity contribution is 7.51. The van der Waals surface area contributed by atoms with Gasteiger partial charge in [-0.3, -0.25) is 4.57 Å². The molecule has 7 N–H and O–H groups in total. The van der Waals surface area contributed by atoms with E-state index in [0.717, 1.165) is 12.8 Å². The molecule has 1 saturated heterocycles. The van der Waals surface area contributed by atoms with Crippen molar-refractivity contribution in [2.24, 2.45) is 0 Å². The lowest BCUT2D eigenvalue weighted by Gasteiger charge is -2.40. The van der Waals surface area contributed by atoms with Crippen molar-refractivity contribution in [3.05, 3.63) is 24.3 Å². The van der Waals surface area contributed by atoms with Crippen LogP contribution in [0.4, 0.5) is 10.5 Å². The van der Waals surface area contributed by atoms with E-state index in [2.05, 4.69) is 16.6 Å². The van der Waals surface area contributed by atoms with E-state index in [0.29, 0.717) is 18.7 Å². The minimum absolute atomic E-state index is 0.240. The van der Waals surface area contributed by atoms with E-state index in [1.54, 1.807) is 12.1 Å². The molecule has 2 rings (SSSR count). The van der Waals surface area contributed by atoms with Gasteiger partial charge in [-0.1, -0.05) is 0 Å². The normalized spacial score (nSPS) is 25.6. The Bertz CT molecular complexity index is 823. The molecule has 11 nitrogen and oxygen atoms in total. The SMILES string of the molecule is C#CCCCCNC(=O)Nc1ccc(O[C@H]2O[C@H](CCP(=O)(O)O)[C@@H](O)[C@H](O)[C@@H]2O)cc1. The lowest BCUT2D eigenvalue weighted by molar-refractivity contribution is -0.272. The van der Waals surface area contributed by atoms with E-state index in [9.17, 15) is 24.7 Å². The van der Waals surface area contributed by atoms with Gasteiger partial charge in [0.05, 0.1) is 12.3 Å². The van der Waals surface area contributed by atoms with Crippen LogP contribution in [-0.4, -0.2) is 74.6 Å². The maximum absolute atomic E-state index is 11.9. The molecular weight excluding hydrogens is 443 g/mol. The molecule has 0 unspecified atom stereocenters. The van der Waals surface area contributed by atoms with Gasteiger partial charge in [-0.15, -0.1) is 12.3 Å². The molecule has 1 fully saturated rings. The molecule has 0 aromatic heterocycles. The summed E-state index contributed by atoms with van der Waals surface area (Å²) in [6, 6.07) is 5.73. The van der Waals surface area contributed by atoms with Gasteiger partial charge in [-0.25, -0.2) is 4.79 Å². The Morgan fingerprint density at radius 2 is 1.81 bits per heavy atom. The predicted molar refractivity (Wildman–Crippen MR) is 115 cm³/mol. The van der Waals surface area contributed by atoms with Gasteiger partial charge in [0, 0.05) is 18.7 Å². The number of anilines is 1. The second-order valence-electron chi connectivity index (χ2n) is 7.38. The number of benzene rings is 1. The van der Waals surface area contributed by atoms with Gasteiger partial charge in [0.25, 0.3) is 0 Å². The van der Waals surface area contributed by atoms with Crippen LogP contribution in [-0.2, 0) is 9.30 Å². The largest absolute Gasteiger partial charge is 0.462 e. The van der Waals surface area contributed by atoms with E-state index in [-0.39, 0.29) is 18.2 Å². The summed E-state index contributed by atoms with van der Waals surface area (Å²) in [7, 11) is -4.33.